The summed E-state index contributed by atoms with van der Waals surface area (Å²) in [4.78, 5) is 0. The van der Waals surface area contributed by atoms with Gasteiger partial charge in [-0.2, -0.15) is 11.8 Å². The Balaban J connectivity index is 1.76. The lowest BCUT2D eigenvalue weighted by atomic mass is 9.86. The predicted octanol–water partition coefficient (Wildman–Crippen LogP) is 3.07. The predicted molar refractivity (Wildman–Crippen MR) is 75.7 cm³/mol. The Morgan fingerprint density at radius 3 is 2.76 bits per heavy atom. The lowest BCUT2D eigenvalue weighted by Crippen LogP contribution is -2.47. The van der Waals surface area contributed by atoms with Gasteiger partial charge in [0.15, 0.2) is 0 Å². The summed E-state index contributed by atoms with van der Waals surface area (Å²) >= 11 is 2.11. The van der Waals surface area contributed by atoms with Crippen molar-refractivity contribution >= 4 is 11.8 Å². The van der Waals surface area contributed by atoms with E-state index >= 15 is 0 Å². The second kappa shape index (κ2) is 6.44. The van der Waals surface area contributed by atoms with Gasteiger partial charge in [-0.15, -0.1) is 0 Å². The molecule has 0 aromatic carbocycles. The Bertz CT molecular complexity index is 224. The van der Waals surface area contributed by atoms with E-state index in [0.717, 1.165) is 25.4 Å². The third-order valence-corrected chi connectivity index (χ3v) is 5.73. The van der Waals surface area contributed by atoms with Gasteiger partial charge in [-0.3, -0.25) is 0 Å². The minimum absolute atomic E-state index is 0.167. The molecule has 17 heavy (non-hydrogen) atoms. The van der Waals surface area contributed by atoms with Crippen molar-refractivity contribution in [2.75, 3.05) is 24.7 Å². The van der Waals surface area contributed by atoms with Crippen LogP contribution in [0.15, 0.2) is 0 Å². The largest absolute Gasteiger partial charge is 0.375 e. The third-order valence-electron chi connectivity index (χ3n) is 4.50. The van der Waals surface area contributed by atoms with Crippen LogP contribution in [0.25, 0.3) is 0 Å². The van der Waals surface area contributed by atoms with E-state index in [1.54, 1.807) is 0 Å². The summed E-state index contributed by atoms with van der Waals surface area (Å²) in [6.07, 6.45) is 6.12. The van der Waals surface area contributed by atoms with E-state index in [9.17, 15) is 0 Å². The fourth-order valence-corrected chi connectivity index (χ4v) is 4.31. The quantitative estimate of drug-likeness (QED) is 0.818. The highest BCUT2D eigenvalue weighted by Gasteiger charge is 2.34. The summed E-state index contributed by atoms with van der Waals surface area (Å²) in [6, 6.07) is 0.689. The van der Waals surface area contributed by atoms with Crippen molar-refractivity contribution in [1.82, 2.24) is 5.32 Å². The highest BCUT2D eigenvalue weighted by molar-refractivity contribution is 7.99. The second-order valence-electron chi connectivity index (χ2n) is 5.57. The van der Waals surface area contributed by atoms with Crippen molar-refractivity contribution in [3.05, 3.63) is 0 Å². The van der Waals surface area contributed by atoms with Crippen LogP contribution in [-0.2, 0) is 4.74 Å². The summed E-state index contributed by atoms with van der Waals surface area (Å²) in [5, 5.41) is 3.79. The molecule has 0 amide bonds. The van der Waals surface area contributed by atoms with E-state index in [1.807, 2.05) is 0 Å². The molecule has 0 bridgehead atoms. The molecule has 2 aliphatic rings. The van der Waals surface area contributed by atoms with Crippen molar-refractivity contribution in [2.24, 2.45) is 5.92 Å². The lowest BCUT2D eigenvalue weighted by Gasteiger charge is -2.40. The molecular formula is C14H27NOS. The van der Waals surface area contributed by atoms with Crippen LogP contribution >= 0.6 is 11.8 Å². The van der Waals surface area contributed by atoms with Gasteiger partial charge in [-0.05, 0) is 56.1 Å². The smallest absolute Gasteiger partial charge is 0.0692 e. The van der Waals surface area contributed by atoms with Crippen LogP contribution in [-0.4, -0.2) is 36.3 Å². The molecule has 2 unspecified atom stereocenters. The zero-order chi connectivity index (χ0) is 12.1. The molecule has 2 fully saturated rings. The maximum Gasteiger partial charge on any atom is 0.0692 e. The average Bonchev–Trinajstić information content (AvgIpc) is 2.90. The van der Waals surface area contributed by atoms with Gasteiger partial charge < -0.3 is 10.1 Å². The Morgan fingerprint density at radius 2 is 2.12 bits per heavy atom. The van der Waals surface area contributed by atoms with E-state index in [-0.39, 0.29) is 5.60 Å². The minimum Gasteiger partial charge on any atom is -0.375 e. The minimum atomic E-state index is 0.167. The maximum absolute atomic E-state index is 6.02. The van der Waals surface area contributed by atoms with Gasteiger partial charge in [-0.1, -0.05) is 13.8 Å². The van der Waals surface area contributed by atoms with Crippen LogP contribution in [0.3, 0.4) is 0 Å². The molecule has 0 saturated carbocycles. The third kappa shape index (κ3) is 3.62. The Hall–Kier alpha value is 0.270. The van der Waals surface area contributed by atoms with E-state index in [4.69, 9.17) is 4.74 Å². The van der Waals surface area contributed by atoms with Gasteiger partial charge in [0.1, 0.15) is 0 Å². The van der Waals surface area contributed by atoms with Crippen molar-refractivity contribution in [3.8, 4) is 0 Å². The number of thioether (sulfide) groups is 1. The van der Waals surface area contributed by atoms with Gasteiger partial charge in [0.25, 0.3) is 0 Å². The molecule has 3 heteroatoms. The van der Waals surface area contributed by atoms with Gasteiger partial charge in [0.05, 0.1) is 5.60 Å². The molecule has 0 spiro atoms. The van der Waals surface area contributed by atoms with E-state index in [0.29, 0.717) is 6.04 Å². The first-order valence-electron chi connectivity index (χ1n) is 7.23. The summed E-state index contributed by atoms with van der Waals surface area (Å²) in [7, 11) is 0. The molecule has 2 rings (SSSR count). The summed E-state index contributed by atoms with van der Waals surface area (Å²) < 4.78 is 6.02. The maximum atomic E-state index is 6.02. The first-order chi connectivity index (χ1) is 8.28. The van der Waals surface area contributed by atoms with Crippen molar-refractivity contribution in [2.45, 2.75) is 57.6 Å². The van der Waals surface area contributed by atoms with Crippen LogP contribution in [0, 0.1) is 5.92 Å². The molecule has 2 atom stereocenters. The van der Waals surface area contributed by atoms with Crippen molar-refractivity contribution in [3.63, 3.8) is 0 Å². The SMILES string of the molecule is CCC1(CC)CC(NCC2CCSC2)CCO1. The molecule has 0 aromatic heterocycles. The van der Waals surface area contributed by atoms with Crippen LogP contribution < -0.4 is 5.32 Å². The van der Waals surface area contributed by atoms with Crippen LogP contribution in [0.4, 0.5) is 0 Å². The van der Waals surface area contributed by atoms with E-state index in [2.05, 4.69) is 30.9 Å². The second-order valence-corrected chi connectivity index (χ2v) is 6.72. The Morgan fingerprint density at radius 1 is 1.29 bits per heavy atom. The lowest BCUT2D eigenvalue weighted by molar-refractivity contribution is -0.0932. The molecule has 2 heterocycles. The fourth-order valence-electron chi connectivity index (χ4n) is 3.02. The van der Waals surface area contributed by atoms with Crippen LogP contribution in [0.5, 0.6) is 0 Å². The molecule has 2 aliphatic heterocycles. The monoisotopic (exact) mass is 257 g/mol. The van der Waals surface area contributed by atoms with E-state index in [1.165, 1.54) is 37.3 Å². The molecule has 1 N–H and O–H groups in total. The van der Waals surface area contributed by atoms with Gasteiger partial charge in [0.2, 0.25) is 0 Å². The molecule has 0 radical (unpaired) electrons. The Kier molecular flexibility index (Phi) is 5.19. The first-order valence-corrected chi connectivity index (χ1v) is 8.38. The highest BCUT2D eigenvalue weighted by Crippen LogP contribution is 2.31. The van der Waals surface area contributed by atoms with Crippen LogP contribution in [0.1, 0.15) is 46.0 Å². The zero-order valence-electron chi connectivity index (χ0n) is 11.3. The zero-order valence-corrected chi connectivity index (χ0v) is 12.2. The number of rotatable bonds is 5. The topological polar surface area (TPSA) is 21.3 Å². The van der Waals surface area contributed by atoms with Gasteiger partial charge >= 0.3 is 0 Å². The van der Waals surface area contributed by atoms with Crippen molar-refractivity contribution in [1.29, 1.82) is 0 Å². The Labute approximate surface area is 110 Å². The van der Waals surface area contributed by atoms with E-state index < -0.39 is 0 Å². The number of hydrogen-bond acceptors (Lipinski definition) is 3. The molecule has 0 aromatic rings. The highest BCUT2D eigenvalue weighted by atomic mass is 32.2. The van der Waals surface area contributed by atoms with Gasteiger partial charge in [0, 0.05) is 12.6 Å². The van der Waals surface area contributed by atoms with Crippen LogP contribution in [0.2, 0.25) is 0 Å². The first kappa shape index (κ1) is 13.7. The number of nitrogens with one attached hydrogen (secondary N) is 1. The van der Waals surface area contributed by atoms with Gasteiger partial charge in [-0.25, -0.2) is 0 Å². The average molecular weight is 257 g/mol. The fraction of sp³-hybridized carbons (Fsp3) is 1.00. The molecular weight excluding hydrogens is 230 g/mol. The summed E-state index contributed by atoms with van der Waals surface area (Å²) in [5.74, 6) is 3.65. The number of hydrogen-bond donors (Lipinski definition) is 1. The summed E-state index contributed by atoms with van der Waals surface area (Å²) in [5.41, 5.74) is 0.167. The standard InChI is InChI=1S/C14H27NOS/c1-3-14(4-2)9-13(5-7-16-14)15-10-12-6-8-17-11-12/h12-13,15H,3-11H2,1-2H3. The normalized spacial score (nSPS) is 32.8. The summed E-state index contributed by atoms with van der Waals surface area (Å²) in [6.45, 7) is 6.69. The molecule has 2 nitrogen and oxygen atoms in total. The number of ether oxygens (including phenoxy) is 1. The molecule has 2 saturated heterocycles. The van der Waals surface area contributed by atoms with Crippen molar-refractivity contribution < 1.29 is 4.74 Å². The molecule has 0 aliphatic carbocycles. The molecule has 100 valence electrons.